The molecule has 9 nitrogen and oxygen atoms in total. The third-order valence-electron chi connectivity index (χ3n) is 12.3. The lowest BCUT2D eigenvalue weighted by atomic mass is 10.0. The van der Waals surface area contributed by atoms with E-state index in [9.17, 15) is 19.0 Å². The largest absolute Gasteiger partial charge is 0.472 e. The third-order valence-corrected chi connectivity index (χ3v) is 13.3. The second kappa shape index (κ2) is 51.4. The number of hydrogen-bond acceptors (Lipinski definition) is 6. The van der Waals surface area contributed by atoms with Crippen molar-refractivity contribution in [1.82, 2.24) is 5.32 Å². The van der Waals surface area contributed by atoms with Crippen LogP contribution >= 0.6 is 7.82 Å². The van der Waals surface area contributed by atoms with Gasteiger partial charge in [0.1, 0.15) is 19.3 Å². The Morgan fingerprint density at radius 2 is 0.931 bits per heavy atom. The number of likely N-dealkylation sites (N-methyl/N-ethyl adjacent to an activating group) is 1. The molecule has 0 spiro atoms. The molecule has 0 aromatic carbocycles. The lowest BCUT2D eigenvalue weighted by Gasteiger charge is -2.27. The van der Waals surface area contributed by atoms with Gasteiger partial charge in [-0.05, 0) is 102 Å². The normalized spacial score (nSPS) is 14.5. The van der Waals surface area contributed by atoms with Crippen LogP contribution in [-0.4, -0.2) is 74.3 Å². The molecule has 2 N–H and O–H groups in total. The summed E-state index contributed by atoms with van der Waals surface area (Å²) < 4.78 is 30.6. The minimum Gasteiger partial charge on any atom is -0.456 e. The molecule has 414 valence electrons. The number of rotatable bonds is 51. The summed E-state index contributed by atoms with van der Waals surface area (Å²) in [5, 5.41) is 3.03. The van der Waals surface area contributed by atoms with Gasteiger partial charge in [0.15, 0.2) is 0 Å². The standard InChI is InChI=1S/C62H109N2O7P/c1-7-10-13-16-19-22-25-28-30-31-32-33-35-37-40-43-46-49-52-55-62(66)71-60(53-50-47-44-41-38-27-24-21-18-15-12-9-3)59(58-70-72(67,68)69-57-56-64(4,5)6)63-61(65)54-51-48-45-42-39-36-34-29-26-23-20-17-14-11-8-2/h10,13,19-20,22-23,26,28-30,32-33,37,40,50,53,59-60H,7-9,11-12,14-18,21,24-25,27,31,34-36,38-39,41-49,51-52,54-58H2,1-6H3,(H-,63,65,67,68)/p+1/b13-10-,22-19-,23-20+,29-26+,30-28-,33-32-,40-37-,53-50+. The molecular weight excluding hydrogens is 916 g/mol. The van der Waals surface area contributed by atoms with Crippen LogP contribution in [0.5, 0.6) is 0 Å². The first kappa shape index (κ1) is 68.9. The maximum Gasteiger partial charge on any atom is 0.472 e. The summed E-state index contributed by atoms with van der Waals surface area (Å²) in [4.78, 5) is 37.6. The van der Waals surface area contributed by atoms with Gasteiger partial charge in [-0.15, -0.1) is 0 Å². The van der Waals surface area contributed by atoms with Crippen LogP contribution < -0.4 is 5.32 Å². The van der Waals surface area contributed by atoms with Crippen LogP contribution in [0, 0.1) is 0 Å². The number of nitrogens with one attached hydrogen (secondary N) is 1. The molecule has 0 rings (SSSR count). The van der Waals surface area contributed by atoms with Gasteiger partial charge in [-0.25, -0.2) is 4.57 Å². The monoisotopic (exact) mass is 1030 g/mol. The summed E-state index contributed by atoms with van der Waals surface area (Å²) in [6.45, 7) is 6.82. The number of unbranched alkanes of at least 4 members (excludes halogenated alkanes) is 22. The Hall–Kier alpha value is -3.07. The first-order valence-corrected chi connectivity index (χ1v) is 30.6. The van der Waals surface area contributed by atoms with Crippen molar-refractivity contribution in [2.45, 2.75) is 245 Å². The van der Waals surface area contributed by atoms with Crippen molar-refractivity contribution >= 4 is 19.7 Å². The highest BCUT2D eigenvalue weighted by Gasteiger charge is 2.30. The van der Waals surface area contributed by atoms with Crippen LogP contribution in [0.25, 0.3) is 0 Å². The van der Waals surface area contributed by atoms with E-state index in [1.807, 2.05) is 33.3 Å². The summed E-state index contributed by atoms with van der Waals surface area (Å²) in [5.41, 5.74) is 0. The van der Waals surface area contributed by atoms with Gasteiger partial charge < -0.3 is 19.4 Å². The molecule has 0 fully saturated rings. The number of hydrogen-bond donors (Lipinski definition) is 2. The topological polar surface area (TPSA) is 111 Å². The van der Waals surface area contributed by atoms with Gasteiger partial charge in [-0.2, -0.15) is 0 Å². The molecule has 0 saturated carbocycles. The van der Waals surface area contributed by atoms with Gasteiger partial charge in [0.05, 0.1) is 33.8 Å². The van der Waals surface area contributed by atoms with E-state index in [-0.39, 0.29) is 31.5 Å². The number of nitrogens with zero attached hydrogens (tertiary/aromatic N) is 1. The highest BCUT2D eigenvalue weighted by atomic mass is 31.2. The van der Waals surface area contributed by atoms with E-state index in [1.54, 1.807) is 0 Å². The molecule has 1 amide bonds. The summed E-state index contributed by atoms with van der Waals surface area (Å²) in [7, 11) is 1.45. The van der Waals surface area contributed by atoms with Crippen molar-refractivity contribution in [2.24, 2.45) is 0 Å². The number of carbonyl (C=O) groups is 2. The van der Waals surface area contributed by atoms with Crippen LogP contribution in [-0.2, 0) is 27.9 Å². The Labute approximate surface area is 443 Å². The maximum absolute atomic E-state index is 13.5. The van der Waals surface area contributed by atoms with E-state index in [0.717, 1.165) is 122 Å². The molecule has 0 aliphatic carbocycles. The minimum absolute atomic E-state index is 0.0276. The predicted molar refractivity (Wildman–Crippen MR) is 309 cm³/mol. The van der Waals surface area contributed by atoms with E-state index in [1.165, 1.54) is 70.6 Å². The maximum atomic E-state index is 13.5. The highest BCUT2D eigenvalue weighted by molar-refractivity contribution is 7.47. The number of esters is 1. The zero-order valence-corrected chi connectivity index (χ0v) is 48.0. The Morgan fingerprint density at radius 3 is 1.46 bits per heavy atom. The smallest absolute Gasteiger partial charge is 0.456 e. The van der Waals surface area contributed by atoms with Crippen molar-refractivity contribution in [2.75, 3.05) is 40.9 Å². The van der Waals surface area contributed by atoms with Crippen molar-refractivity contribution < 1.29 is 37.3 Å². The summed E-state index contributed by atoms with van der Waals surface area (Å²) in [5.74, 6) is -0.562. The molecule has 0 aromatic rings. The molecule has 0 aliphatic heterocycles. The molecule has 72 heavy (non-hydrogen) atoms. The number of quaternary nitrogens is 1. The fourth-order valence-electron chi connectivity index (χ4n) is 7.78. The molecule has 0 aromatic heterocycles. The van der Waals surface area contributed by atoms with Crippen molar-refractivity contribution in [3.63, 3.8) is 0 Å². The molecule has 0 heterocycles. The number of carbonyl (C=O) groups excluding carboxylic acids is 2. The fourth-order valence-corrected chi connectivity index (χ4v) is 8.52. The van der Waals surface area contributed by atoms with Crippen molar-refractivity contribution in [3.8, 4) is 0 Å². The number of phosphoric acid groups is 1. The Bertz CT molecular complexity index is 1560. The molecule has 0 saturated heterocycles. The van der Waals surface area contributed by atoms with Gasteiger partial charge >= 0.3 is 13.8 Å². The molecule has 3 unspecified atom stereocenters. The first-order valence-electron chi connectivity index (χ1n) is 29.1. The molecule has 0 radical (unpaired) electrons. The van der Waals surface area contributed by atoms with E-state index in [4.69, 9.17) is 13.8 Å². The number of phosphoric ester groups is 1. The zero-order valence-electron chi connectivity index (χ0n) is 47.1. The predicted octanol–water partition coefficient (Wildman–Crippen LogP) is 17.6. The molecule has 10 heteroatoms. The van der Waals surface area contributed by atoms with Crippen molar-refractivity contribution in [3.05, 3.63) is 97.2 Å². The summed E-state index contributed by atoms with van der Waals surface area (Å²) in [6, 6.07) is -0.873. The van der Waals surface area contributed by atoms with Gasteiger partial charge in [0.2, 0.25) is 5.91 Å². The average Bonchev–Trinajstić information content (AvgIpc) is 3.34. The number of ether oxygens (including phenoxy) is 1. The second-order valence-electron chi connectivity index (χ2n) is 20.5. The summed E-state index contributed by atoms with van der Waals surface area (Å²) in [6.07, 6.45) is 68.3. The van der Waals surface area contributed by atoms with Crippen molar-refractivity contribution in [1.29, 1.82) is 0 Å². The van der Waals surface area contributed by atoms with Crippen LogP contribution in [0.4, 0.5) is 0 Å². The molecule has 0 bridgehead atoms. The van der Waals surface area contributed by atoms with Crippen LogP contribution in [0.15, 0.2) is 97.2 Å². The third kappa shape index (κ3) is 51.8. The van der Waals surface area contributed by atoms with E-state index in [0.29, 0.717) is 23.9 Å². The van der Waals surface area contributed by atoms with Crippen LogP contribution in [0.3, 0.4) is 0 Å². The Balaban J connectivity index is 5.42. The van der Waals surface area contributed by atoms with Gasteiger partial charge in [-0.1, -0.05) is 215 Å². The van der Waals surface area contributed by atoms with E-state index >= 15 is 0 Å². The second-order valence-corrected chi connectivity index (χ2v) is 21.9. The lowest BCUT2D eigenvalue weighted by molar-refractivity contribution is -0.870. The average molecular weight is 1030 g/mol. The first-order chi connectivity index (χ1) is 34.9. The number of allylic oxidation sites excluding steroid dienone is 15. The number of amides is 1. The minimum atomic E-state index is -4.46. The SMILES string of the molecule is CC/C=C\C/C=C\C/C=C\C/C=C\C/C=C\CCCCCC(=O)OC(/C=C/CCCCCCCCCCCC)C(COP(=O)(O)OCC[N+](C)(C)C)NC(=O)CCCCCCCC/C=C/C=C/CCCCC. The van der Waals surface area contributed by atoms with Gasteiger partial charge in [-0.3, -0.25) is 18.6 Å². The highest BCUT2D eigenvalue weighted by Crippen LogP contribution is 2.43. The van der Waals surface area contributed by atoms with E-state index in [2.05, 4.69) is 111 Å². The Morgan fingerprint density at radius 1 is 0.514 bits per heavy atom. The summed E-state index contributed by atoms with van der Waals surface area (Å²) >= 11 is 0. The molecule has 3 atom stereocenters. The van der Waals surface area contributed by atoms with Gasteiger partial charge in [0.25, 0.3) is 0 Å². The lowest BCUT2D eigenvalue weighted by Crippen LogP contribution is -2.47. The van der Waals surface area contributed by atoms with Gasteiger partial charge in [0, 0.05) is 12.8 Å². The zero-order chi connectivity index (χ0) is 52.9. The molecular formula is C62H110N2O7P+. The van der Waals surface area contributed by atoms with Crippen LogP contribution in [0.2, 0.25) is 0 Å². The molecule has 0 aliphatic rings. The van der Waals surface area contributed by atoms with Crippen LogP contribution in [0.1, 0.15) is 233 Å². The fraction of sp³-hybridized carbons (Fsp3) is 0.710. The Kier molecular flexibility index (Phi) is 49.2. The quantitative estimate of drug-likeness (QED) is 0.0156. The van der Waals surface area contributed by atoms with E-state index < -0.39 is 20.0 Å².